The average molecular weight is 407 g/mol. The molecule has 0 atom stereocenters. The number of carboxylic acid groups (broad SMARTS) is 2. The molecule has 4 N–H and O–H groups in total. The van der Waals surface area contributed by atoms with Gasteiger partial charge in [0.25, 0.3) is 0 Å². The van der Waals surface area contributed by atoms with Crippen LogP contribution in [-0.4, -0.2) is 32.4 Å². The van der Waals surface area contributed by atoms with Crippen molar-refractivity contribution in [2.75, 3.05) is 0 Å². The minimum absolute atomic E-state index is 0.0811. The second kappa shape index (κ2) is 9.51. The van der Waals surface area contributed by atoms with E-state index < -0.39 is 22.8 Å². The van der Waals surface area contributed by atoms with E-state index in [1.807, 2.05) is 6.07 Å². The summed E-state index contributed by atoms with van der Waals surface area (Å²) in [5.74, 6) is -1.67. The number of hydrogen-bond donors (Lipinski definition) is 4. The average Bonchev–Trinajstić information content (AvgIpc) is 3.43. The number of aromatic hydroxyl groups is 2. The lowest BCUT2D eigenvalue weighted by Gasteiger charge is -2.18. The van der Waals surface area contributed by atoms with Crippen molar-refractivity contribution in [2.24, 2.45) is 10.8 Å². The normalized spacial score (nSPS) is 15.2. The topological polar surface area (TPSA) is 115 Å². The fourth-order valence-corrected chi connectivity index (χ4v) is 3.76. The molecule has 0 heterocycles. The Morgan fingerprint density at radius 2 is 1.62 bits per heavy atom. The molecule has 1 aromatic rings. The molecule has 0 saturated heterocycles. The summed E-state index contributed by atoms with van der Waals surface area (Å²) >= 11 is 0. The van der Waals surface area contributed by atoms with Crippen LogP contribution in [0.1, 0.15) is 82.8 Å². The summed E-state index contributed by atoms with van der Waals surface area (Å²) in [5, 5.41) is 38.5. The van der Waals surface area contributed by atoms with E-state index >= 15 is 0 Å². The highest BCUT2D eigenvalue weighted by Crippen LogP contribution is 2.50. The van der Waals surface area contributed by atoms with Gasteiger partial charge >= 0.3 is 11.9 Å². The number of rotatable bonds is 13. The summed E-state index contributed by atoms with van der Waals surface area (Å²) in [6, 6.07) is 3.50. The molecule has 162 valence electrons. The lowest BCUT2D eigenvalue weighted by Crippen LogP contribution is -2.23. The lowest BCUT2D eigenvalue weighted by atomic mass is 9.87. The molecule has 0 unspecified atom stereocenters. The molecule has 1 fully saturated rings. The zero-order valence-electron chi connectivity index (χ0n) is 17.5. The minimum Gasteiger partial charge on any atom is -0.504 e. The second-order valence-corrected chi connectivity index (χ2v) is 9.16. The van der Waals surface area contributed by atoms with Crippen molar-refractivity contribution >= 4 is 11.9 Å². The van der Waals surface area contributed by atoms with Gasteiger partial charge in [-0.1, -0.05) is 25.3 Å². The Morgan fingerprint density at radius 1 is 0.966 bits per heavy atom. The predicted octanol–water partition coefficient (Wildman–Crippen LogP) is 4.89. The van der Waals surface area contributed by atoms with E-state index in [9.17, 15) is 24.9 Å². The van der Waals surface area contributed by atoms with E-state index in [4.69, 9.17) is 5.11 Å². The zero-order chi connectivity index (χ0) is 21.7. The third-order valence-electron chi connectivity index (χ3n) is 6.23. The Labute approximate surface area is 172 Å². The molecule has 2 rings (SSSR count). The molecule has 1 aliphatic rings. The van der Waals surface area contributed by atoms with Gasteiger partial charge in [0.2, 0.25) is 0 Å². The van der Waals surface area contributed by atoms with Crippen LogP contribution in [-0.2, 0) is 22.4 Å². The summed E-state index contributed by atoms with van der Waals surface area (Å²) in [7, 11) is 0. The number of unbranched alkanes of at least 4 members (excludes halogenated alkanes) is 3. The van der Waals surface area contributed by atoms with Gasteiger partial charge in [0.1, 0.15) is 0 Å². The van der Waals surface area contributed by atoms with Crippen LogP contribution in [0.2, 0.25) is 0 Å². The largest absolute Gasteiger partial charge is 0.504 e. The number of carboxylic acids is 2. The van der Waals surface area contributed by atoms with E-state index in [0.717, 1.165) is 56.9 Å². The molecule has 6 heteroatoms. The van der Waals surface area contributed by atoms with E-state index in [2.05, 4.69) is 0 Å². The highest BCUT2D eigenvalue weighted by atomic mass is 16.4. The number of carbonyl (C=O) groups is 2. The minimum atomic E-state index is -0.788. The molecule has 29 heavy (non-hydrogen) atoms. The molecule has 6 nitrogen and oxygen atoms in total. The molecule has 0 spiro atoms. The summed E-state index contributed by atoms with van der Waals surface area (Å²) in [6.45, 7) is 3.45. The number of aliphatic carboxylic acids is 2. The second-order valence-electron chi connectivity index (χ2n) is 9.16. The van der Waals surface area contributed by atoms with Crippen LogP contribution in [0.15, 0.2) is 12.1 Å². The molecule has 1 aliphatic carbocycles. The highest BCUT2D eigenvalue weighted by molar-refractivity contribution is 5.77. The van der Waals surface area contributed by atoms with Gasteiger partial charge in [0.15, 0.2) is 11.5 Å². The van der Waals surface area contributed by atoms with Crippen molar-refractivity contribution in [3.63, 3.8) is 0 Å². The Balaban J connectivity index is 1.79. The summed E-state index contributed by atoms with van der Waals surface area (Å²) in [6.07, 6.45) is 8.39. The van der Waals surface area contributed by atoms with E-state index in [1.165, 1.54) is 0 Å². The van der Waals surface area contributed by atoms with Crippen LogP contribution < -0.4 is 0 Å². The molecule has 0 aromatic heterocycles. The third kappa shape index (κ3) is 6.38. The van der Waals surface area contributed by atoms with E-state index in [-0.39, 0.29) is 11.5 Å². The number of hydrogen-bond acceptors (Lipinski definition) is 4. The van der Waals surface area contributed by atoms with Gasteiger partial charge in [-0.2, -0.15) is 0 Å². The summed E-state index contributed by atoms with van der Waals surface area (Å²) in [4.78, 5) is 22.4. The molecule has 0 bridgehead atoms. The molecular formula is C23H34O6. The van der Waals surface area contributed by atoms with Gasteiger partial charge in [0.05, 0.1) is 10.8 Å². The maximum Gasteiger partial charge on any atom is 0.309 e. The molecule has 0 aliphatic heterocycles. The molecular weight excluding hydrogens is 372 g/mol. The lowest BCUT2D eigenvalue weighted by molar-refractivity contribution is -0.147. The molecule has 1 saturated carbocycles. The highest BCUT2D eigenvalue weighted by Gasteiger charge is 2.49. The smallest absolute Gasteiger partial charge is 0.309 e. The van der Waals surface area contributed by atoms with Crippen LogP contribution in [0.4, 0.5) is 0 Å². The number of aryl methyl sites for hydroxylation is 2. The van der Waals surface area contributed by atoms with Crippen molar-refractivity contribution in [3.05, 3.63) is 23.3 Å². The Bertz CT molecular complexity index is 733. The maximum atomic E-state index is 11.2. The number of benzene rings is 1. The van der Waals surface area contributed by atoms with Crippen molar-refractivity contribution in [1.29, 1.82) is 0 Å². The van der Waals surface area contributed by atoms with Crippen LogP contribution in [0, 0.1) is 10.8 Å². The fourth-order valence-electron chi connectivity index (χ4n) is 3.76. The quantitative estimate of drug-likeness (QED) is 0.274. The van der Waals surface area contributed by atoms with Crippen LogP contribution in [0.5, 0.6) is 11.5 Å². The molecule has 0 radical (unpaired) electrons. The van der Waals surface area contributed by atoms with Crippen molar-refractivity contribution < 1.29 is 30.0 Å². The Morgan fingerprint density at radius 3 is 2.21 bits per heavy atom. The monoisotopic (exact) mass is 406 g/mol. The predicted molar refractivity (Wildman–Crippen MR) is 110 cm³/mol. The van der Waals surface area contributed by atoms with Crippen molar-refractivity contribution in [1.82, 2.24) is 0 Å². The van der Waals surface area contributed by atoms with Crippen LogP contribution >= 0.6 is 0 Å². The third-order valence-corrected chi connectivity index (χ3v) is 6.23. The maximum absolute atomic E-state index is 11.2. The fraction of sp³-hybridized carbons (Fsp3) is 0.652. The van der Waals surface area contributed by atoms with E-state index in [0.29, 0.717) is 24.8 Å². The van der Waals surface area contributed by atoms with Gasteiger partial charge in [-0.05, 0) is 82.4 Å². The first-order valence-corrected chi connectivity index (χ1v) is 10.6. The summed E-state index contributed by atoms with van der Waals surface area (Å²) in [5.41, 5.74) is 0.446. The first kappa shape index (κ1) is 23.0. The Kier molecular flexibility index (Phi) is 7.55. The van der Waals surface area contributed by atoms with Gasteiger partial charge in [-0.15, -0.1) is 0 Å². The Hall–Kier alpha value is -2.24. The number of phenolic OH excluding ortho intramolecular Hbond substituents is 2. The van der Waals surface area contributed by atoms with Crippen molar-refractivity contribution in [2.45, 2.75) is 84.5 Å². The van der Waals surface area contributed by atoms with E-state index in [1.54, 1.807) is 19.9 Å². The summed E-state index contributed by atoms with van der Waals surface area (Å²) < 4.78 is 0. The first-order chi connectivity index (χ1) is 13.6. The van der Waals surface area contributed by atoms with Crippen LogP contribution in [0.25, 0.3) is 0 Å². The zero-order valence-corrected chi connectivity index (χ0v) is 17.5. The number of phenols is 2. The molecule has 0 amide bonds. The van der Waals surface area contributed by atoms with Gasteiger partial charge < -0.3 is 20.4 Å². The van der Waals surface area contributed by atoms with Crippen LogP contribution in [0.3, 0.4) is 0 Å². The van der Waals surface area contributed by atoms with Gasteiger partial charge in [-0.3, -0.25) is 9.59 Å². The first-order valence-electron chi connectivity index (χ1n) is 10.6. The van der Waals surface area contributed by atoms with Crippen molar-refractivity contribution in [3.8, 4) is 11.5 Å². The standard InChI is InChI=1S/C23H34O6/c1-22(2,20(26)27)10-6-3-4-9-17-14-16(15-18(24)19(17)25)8-5-7-11-23(12-13-23)21(28)29/h14-15,24-25H,3-13H2,1-2H3,(H,26,27)(H,28,29). The van der Waals surface area contributed by atoms with Gasteiger partial charge in [-0.25, -0.2) is 0 Å². The molecule has 1 aromatic carbocycles. The van der Waals surface area contributed by atoms with Gasteiger partial charge in [0, 0.05) is 0 Å². The SMILES string of the molecule is CC(C)(CCCCCc1cc(CCCCC2(C(=O)O)CC2)cc(O)c1O)C(=O)O.